The minimum Gasteiger partial charge on any atom is -0.458 e. The lowest BCUT2D eigenvalue weighted by Crippen LogP contribution is -2.04. The summed E-state index contributed by atoms with van der Waals surface area (Å²) >= 11 is 5.71. The van der Waals surface area contributed by atoms with Gasteiger partial charge in [-0.25, -0.2) is 0 Å². The summed E-state index contributed by atoms with van der Waals surface area (Å²) in [6.07, 6.45) is -4.79. The molecule has 2 rings (SSSR count). The Kier molecular flexibility index (Phi) is 4.11. The lowest BCUT2D eigenvalue weighted by atomic mass is 10.1. The summed E-state index contributed by atoms with van der Waals surface area (Å²) in [5, 5.41) is 9.60. The number of aliphatic hydroxyl groups excluding tert-OH is 1. The first-order chi connectivity index (χ1) is 9.31. The average Bonchev–Trinajstić information content (AvgIpc) is 2.85. The zero-order valence-electron chi connectivity index (χ0n) is 10.5. The van der Waals surface area contributed by atoms with Crippen molar-refractivity contribution in [3.63, 3.8) is 0 Å². The van der Waals surface area contributed by atoms with Crippen molar-refractivity contribution in [2.45, 2.75) is 25.6 Å². The number of alkyl halides is 3. The molecule has 0 radical (unpaired) electrons. The van der Waals surface area contributed by atoms with E-state index in [1.165, 1.54) is 18.2 Å². The molecule has 2 nitrogen and oxygen atoms in total. The van der Waals surface area contributed by atoms with Crippen molar-refractivity contribution in [1.29, 1.82) is 0 Å². The highest BCUT2D eigenvalue weighted by Crippen LogP contribution is 2.35. The maximum absolute atomic E-state index is 12.7. The van der Waals surface area contributed by atoms with E-state index in [0.717, 1.165) is 12.1 Å². The number of hydrogen-bond donors (Lipinski definition) is 1. The van der Waals surface area contributed by atoms with Crippen molar-refractivity contribution in [2.75, 3.05) is 0 Å². The van der Waals surface area contributed by atoms with E-state index in [9.17, 15) is 18.3 Å². The molecule has 6 heteroatoms. The standard InChI is InChI=1S/C14H12ClF3O2/c1-2-11(19)13-4-3-12(20-13)8-5-9(14(16,17)18)7-10(15)6-8/h3-7,11,19H,2H2,1H3. The minimum absolute atomic E-state index is 0.0242. The van der Waals surface area contributed by atoms with Crippen LogP contribution in [0.1, 0.15) is 30.8 Å². The first-order valence-electron chi connectivity index (χ1n) is 5.97. The minimum atomic E-state index is -4.47. The molecule has 1 aromatic carbocycles. The molecule has 1 N–H and O–H groups in total. The van der Waals surface area contributed by atoms with Gasteiger partial charge in [-0.15, -0.1) is 0 Å². The van der Waals surface area contributed by atoms with Crippen molar-refractivity contribution < 1.29 is 22.7 Å². The van der Waals surface area contributed by atoms with E-state index in [-0.39, 0.29) is 16.3 Å². The first kappa shape index (κ1) is 14.9. The fraction of sp³-hybridized carbons (Fsp3) is 0.286. The van der Waals surface area contributed by atoms with Crippen LogP contribution >= 0.6 is 11.6 Å². The van der Waals surface area contributed by atoms with Crippen LogP contribution in [0.5, 0.6) is 0 Å². The van der Waals surface area contributed by atoms with Gasteiger partial charge in [0, 0.05) is 10.6 Å². The maximum Gasteiger partial charge on any atom is 0.416 e. The van der Waals surface area contributed by atoms with E-state index in [4.69, 9.17) is 16.0 Å². The molecule has 0 saturated heterocycles. The van der Waals surface area contributed by atoms with E-state index >= 15 is 0 Å². The van der Waals surface area contributed by atoms with Crippen molar-refractivity contribution in [2.24, 2.45) is 0 Å². The van der Waals surface area contributed by atoms with E-state index < -0.39 is 17.8 Å². The third-order valence-corrected chi connectivity index (χ3v) is 3.07. The number of halogens is 4. The maximum atomic E-state index is 12.7. The third kappa shape index (κ3) is 3.16. The largest absolute Gasteiger partial charge is 0.458 e. The molecule has 2 aromatic rings. The van der Waals surface area contributed by atoms with E-state index in [0.29, 0.717) is 12.2 Å². The second-order valence-corrected chi connectivity index (χ2v) is 4.79. The molecule has 0 amide bonds. The van der Waals surface area contributed by atoms with Crippen LogP contribution in [0.4, 0.5) is 13.2 Å². The van der Waals surface area contributed by atoms with Gasteiger partial charge >= 0.3 is 6.18 Å². The first-order valence-corrected chi connectivity index (χ1v) is 6.35. The molecule has 1 aromatic heterocycles. The van der Waals surface area contributed by atoms with E-state index in [1.54, 1.807) is 6.92 Å². The summed E-state index contributed by atoms with van der Waals surface area (Å²) in [5.74, 6) is 0.552. The van der Waals surface area contributed by atoms with Crippen LogP contribution < -0.4 is 0 Å². The van der Waals surface area contributed by atoms with Gasteiger partial charge in [0.25, 0.3) is 0 Å². The van der Waals surface area contributed by atoms with Crippen molar-refractivity contribution >= 4 is 11.6 Å². The van der Waals surface area contributed by atoms with Crippen LogP contribution in [0.2, 0.25) is 5.02 Å². The van der Waals surface area contributed by atoms with Gasteiger partial charge in [-0.1, -0.05) is 18.5 Å². The van der Waals surface area contributed by atoms with Crippen LogP contribution in [0.3, 0.4) is 0 Å². The fourth-order valence-corrected chi connectivity index (χ4v) is 2.02. The van der Waals surface area contributed by atoms with Gasteiger partial charge in [-0.05, 0) is 36.8 Å². The zero-order chi connectivity index (χ0) is 14.9. The summed E-state index contributed by atoms with van der Waals surface area (Å²) in [4.78, 5) is 0. The molecule has 0 bridgehead atoms. The third-order valence-electron chi connectivity index (χ3n) is 2.85. The zero-order valence-corrected chi connectivity index (χ0v) is 11.3. The Morgan fingerprint density at radius 3 is 2.55 bits per heavy atom. The van der Waals surface area contributed by atoms with Crippen LogP contribution in [-0.2, 0) is 6.18 Å². The molecule has 0 fully saturated rings. The molecule has 0 aliphatic rings. The molecule has 0 aliphatic heterocycles. The number of aliphatic hydroxyl groups is 1. The molecular formula is C14H12ClF3O2. The van der Waals surface area contributed by atoms with Crippen LogP contribution in [-0.4, -0.2) is 5.11 Å². The number of furan rings is 1. The second kappa shape index (κ2) is 5.50. The molecule has 0 saturated carbocycles. The Hall–Kier alpha value is -1.46. The van der Waals surface area contributed by atoms with Crippen molar-refractivity contribution in [1.82, 2.24) is 0 Å². The topological polar surface area (TPSA) is 33.4 Å². The van der Waals surface area contributed by atoms with Crippen LogP contribution in [0, 0.1) is 0 Å². The predicted octanol–water partition coefficient (Wildman–Crippen LogP) is 5.06. The van der Waals surface area contributed by atoms with Crippen LogP contribution in [0.25, 0.3) is 11.3 Å². The highest BCUT2D eigenvalue weighted by Gasteiger charge is 2.31. The average molecular weight is 305 g/mol. The van der Waals surface area contributed by atoms with Gasteiger partial charge in [-0.3, -0.25) is 0 Å². The van der Waals surface area contributed by atoms with Gasteiger partial charge in [0.2, 0.25) is 0 Å². The molecule has 0 aliphatic carbocycles. The monoisotopic (exact) mass is 304 g/mol. The normalized spacial score (nSPS) is 13.5. The van der Waals surface area contributed by atoms with Gasteiger partial charge in [0.1, 0.15) is 17.6 Å². The summed E-state index contributed by atoms with van der Waals surface area (Å²) in [6.45, 7) is 1.77. The van der Waals surface area contributed by atoms with Gasteiger partial charge in [-0.2, -0.15) is 13.2 Å². The second-order valence-electron chi connectivity index (χ2n) is 4.35. The summed E-state index contributed by atoms with van der Waals surface area (Å²) < 4.78 is 43.5. The lowest BCUT2D eigenvalue weighted by molar-refractivity contribution is -0.137. The highest BCUT2D eigenvalue weighted by molar-refractivity contribution is 6.30. The lowest BCUT2D eigenvalue weighted by Gasteiger charge is -2.09. The number of rotatable bonds is 3. The summed E-state index contributed by atoms with van der Waals surface area (Å²) in [7, 11) is 0. The molecule has 1 heterocycles. The molecule has 20 heavy (non-hydrogen) atoms. The Morgan fingerprint density at radius 2 is 1.95 bits per heavy atom. The number of benzene rings is 1. The predicted molar refractivity (Wildman–Crippen MR) is 69.4 cm³/mol. The van der Waals surface area contributed by atoms with E-state index in [2.05, 4.69) is 0 Å². The molecule has 0 spiro atoms. The summed E-state index contributed by atoms with van der Waals surface area (Å²) in [6, 6.07) is 6.26. The van der Waals surface area contributed by atoms with Crippen molar-refractivity contribution in [3.8, 4) is 11.3 Å². The van der Waals surface area contributed by atoms with Gasteiger partial charge in [0.05, 0.1) is 5.56 Å². The Labute approximate surface area is 118 Å². The Bertz CT molecular complexity index is 605. The van der Waals surface area contributed by atoms with Crippen molar-refractivity contribution in [3.05, 3.63) is 46.7 Å². The van der Waals surface area contributed by atoms with Crippen LogP contribution in [0.15, 0.2) is 34.7 Å². The SMILES string of the molecule is CCC(O)c1ccc(-c2cc(Cl)cc(C(F)(F)F)c2)o1. The van der Waals surface area contributed by atoms with Gasteiger partial charge in [0.15, 0.2) is 0 Å². The van der Waals surface area contributed by atoms with E-state index in [1.807, 2.05) is 0 Å². The smallest absolute Gasteiger partial charge is 0.416 e. The Balaban J connectivity index is 2.42. The van der Waals surface area contributed by atoms with Gasteiger partial charge < -0.3 is 9.52 Å². The Morgan fingerprint density at radius 1 is 1.25 bits per heavy atom. The highest BCUT2D eigenvalue weighted by atomic mass is 35.5. The molecular weight excluding hydrogens is 293 g/mol. The summed E-state index contributed by atoms with van der Waals surface area (Å²) in [5.41, 5.74) is -0.617. The molecule has 108 valence electrons. The molecule has 1 unspecified atom stereocenters. The quantitative estimate of drug-likeness (QED) is 0.859. The number of hydrogen-bond acceptors (Lipinski definition) is 2. The molecule has 1 atom stereocenters. The fourth-order valence-electron chi connectivity index (χ4n) is 1.78.